The van der Waals surface area contributed by atoms with Crippen molar-refractivity contribution in [2.45, 2.75) is 39.0 Å². The van der Waals surface area contributed by atoms with Crippen molar-refractivity contribution in [3.05, 3.63) is 92.9 Å². The van der Waals surface area contributed by atoms with Gasteiger partial charge in [0.25, 0.3) is 11.8 Å². The molecule has 1 aliphatic rings. The number of amides is 2. The van der Waals surface area contributed by atoms with Gasteiger partial charge in [-0.2, -0.15) is 23.5 Å². The lowest BCUT2D eigenvalue weighted by Gasteiger charge is -2.27. The molecule has 1 aliphatic heterocycles. The van der Waals surface area contributed by atoms with E-state index in [4.69, 9.17) is 16.7 Å². The molecule has 2 N–H and O–H groups in total. The summed E-state index contributed by atoms with van der Waals surface area (Å²) in [6.07, 6.45) is -3.09. The summed E-state index contributed by atoms with van der Waals surface area (Å²) < 4.78 is 42.5. The van der Waals surface area contributed by atoms with Gasteiger partial charge in [0.1, 0.15) is 11.2 Å². The van der Waals surface area contributed by atoms with E-state index >= 15 is 0 Å². The maximum Gasteiger partial charge on any atom is 0.416 e. The molecule has 0 unspecified atom stereocenters. The van der Waals surface area contributed by atoms with Crippen molar-refractivity contribution in [1.29, 1.82) is 5.26 Å². The molecule has 0 atom stereocenters. The number of carbonyl (C=O) groups is 2. The summed E-state index contributed by atoms with van der Waals surface area (Å²) in [5, 5.41) is 28.1. The number of benzene rings is 2. The fourth-order valence-corrected chi connectivity index (χ4v) is 5.52. The van der Waals surface area contributed by atoms with Crippen LogP contribution >= 0.6 is 11.6 Å². The first-order valence-electron chi connectivity index (χ1n) is 13.1. The van der Waals surface area contributed by atoms with E-state index in [9.17, 15) is 28.0 Å². The molecule has 4 heterocycles. The predicted molar refractivity (Wildman–Crippen MR) is 152 cm³/mol. The van der Waals surface area contributed by atoms with E-state index in [1.54, 1.807) is 39.0 Å². The maximum atomic E-state index is 14.2. The number of hydrogen-bond donors (Lipinski definition) is 2. The van der Waals surface area contributed by atoms with Crippen molar-refractivity contribution in [2.24, 2.45) is 0 Å². The van der Waals surface area contributed by atoms with Gasteiger partial charge in [-0.25, -0.2) is 14.3 Å². The zero-order valence-electron chi connectivity index (χ0n) is 23.3. The molecule has 0 radical (unpaired) electrons. The molecule has 0 bridgehead atoms. The van der Waals surface area contributed by atoms with Crippen LogP contribution < -0.4 is 10.6 Å². The van der Waals surface area contributed by atoms with Crippen molar-refractivity contribution in [2.75, 3.05) is 5.32 Å². The largest absolute Gasteiger partial charge is 0.416 e. The molecule has 2 amide bonds. The standard InChI is InChI=1S/C29H21ClF3N9O2/c1-14-9-15(12-34)10-17-23(14)36-27(44)24-22(28(2,3)37-26(17)43)20(39-42(24)25-18(30)5-4-8-35-25)13-41-21-7-6-16(29(31,32)33)11-19(21)38-40-41/h4-11H,13H2,1-3H3,(H,36,44)(H,37,43). The fraction of sp³-hybridized carbons (Fsp3) is 0.207. The molecule has 5 aromatic rings. The number of nitrogens with one attached hydrogen (secondary N) is 2. The van der Waals surface area contributed by atoms with E-state index in [2.05, 4.69) is 25.9 Å². The zero-order valence-corrected chi connectivity index (χ0v) is 24.0. The van der Waals surface area contributed by atoms with Crippen molar-refractivity contribution in [3.8, 4) is 11.9 Å². The molecule has 15 heteroatoms. The van der Waals surface area contributed by atoms with Gasteiger partial charge in [-0.3, -0.25) is 9.59 Å². The highest BCUT2D eigenvalue weighted by Gasteiger charge is 2.39. The molecule has 222 valence electrons. The topological polar surface area (TPSA) is 143 Å². The van der Waals surface area contributed by atoms with Crippen LogP contribution in [0.25, 0.3) is 16.9 Å². The minimum atomic E-state index is -4.56. The van der Waals surface area contributed by atoms with E-state index < -0.39 is 29.1 Å². The molecule has 0 spiro atoms. The second-order valence-electron chi connectivity index (χ2n) is 10.7. The Hall–Kier alpha value is -5.29. The molecule has 0 saturated carbocycles. The Morgan fingerprint density at radius 3 is 2.59 bits per heavy atom. The van der Waals surface area contributed by atoms with E-state index in [-0.39, 0.29) is 56.7 Å². The van der Waals surface area contributed by atoms with Gasteiger partial charge in [0.05, 0.1) is 56.8 Å². The Balaban J connectivity index is 1.58. The second-order valence-corrected chi connectivity index (χ2v) is 11.1. The van der Waals surface area contributed by atoms with Crippen LogP contribution in [0.5, 0.6) is 0 Å². The molecular weight excluding hydrogens is 599 g/mol. The molecular formula is C29H21ClF3N9O2. The fourth-order valence-electron chi connectivity index (χ4n) is 5.32. The lowest BCUT2D eigenvalue weighted by Crippen LogP contribution is -2.42. The number of carbonyl (C=O) groups excluding carboxylic acids is 2. The van der Waals surface area contributed by atoms with Gasteiger partial charge in [0.2, 0.25) is 0 Å². The van der Waals surface area contributed by atoms with Crippen LogP contribution in [0.4, 0.5) is 18.9 Å². The first-order chi connectivity index (χ1) is 20.8. The van der Waals surface area contributed by atoms with Crippen LogP contribution in [-0.2, 0) is 18.3 Å². The van der Waals surface area contributed by atoms with E-state index in [0.717, 1.165) is 12.1 Å². The quantitative estimate of drug-likeness (QED) is 0.284. The Labute approximate surface area is 252 Å². The second kappa shape index (κ2) is 10.2. The van der Waals surface area contributed by atoms with Gasteiger partial charge in [-0.1, -0.05) is 16.8 Å². The van der Waals surface area contributed by atoms with Crippen LogP contribution in [0.1, 0.15) is 62.6 Å². The van der Waals surface area contributed by atoms with Crippen LogP contribution in [0, 0.1) is 18.3 Å². The summed E-state index contributed by atoms with van der Waals surface area (Å²) in [5.41, 5.74) is -0.287. The number of alkyl halides is 3. The summed E-state index contributed by atoms with van der Waals surface area (Å²) in [7, 11) is 0. The molecule has 3 aromatic heterocycles. The minimum Gasteiger partial charge on any atom is -0.343 e. The summed E-state index contributed by atoms with van der Waals surface area (Å²) in [6, 6.07) is 11.2. The molecule has 2 aromatic carbocycles. The first-order valence-corrected chi connectivity index (χ1v) is 13.5. The van der Waals surface area contributed by atoms with Crippen molar-refractivity contribution < 1.29 is 22.8 Å². The summed E-state index contributed by atoms with van der Waals surface area (Å²) in [4.78, 5) is 32.1. The number of hydrogen-bond acceptors (Lipinski definition) is 7. The van der Waals surface area contributed by atoms with Gasteiger partial charge in [0.15, 0.2) is 5.82 Å². The maximum absolute atomic E-state index is 14.2. The van der Waals surface area contributed by atoms with Crippen LogP contribution in [0.3, 0.4) is 0 Å². The Morgan fingerprint density at radius 1 is 1.11 bits per heavy atom. The molecule has 0 saturated heterocycles. The van der Waals surface area contributed by atoms with Crippen LogP contribution in [0.15, 0.2) is 48.7 Å². The third-order valence-electron chi connectivity index (χ3n) is 7.25. The Bertz CT molecular complexity index is 2060. The van der Waals surface area contributed by atoms with Crippen LogP contribution in [-0.4, -0.2) is 41.6 Å². The average Bonchev–Trinajstić information content (AvgIpc) is 3.55. The number of rotatable bonds is 3. The average molecular weight is 620 g/mol. The van der Waals surface area contributed by atoms with Gasteiger partial charge in [0, 0.05) is 11.8 Å². The number of halogens is 4. The van der Waals surface area contributed by atoms with Gasteiger partial charge < -0.3 is 10.6 Å². The molecule has 11 nitrogen and oxygen atoms in total. The third-order valence-corrected chi connectivity index (χ3v) is 7.55. The number of aromatic nitrogens is 6. The van der Waals surface area contributed by atoms with Crippen molar-refractivity contribution in [1.82, 2.24) is 35.1 Å². The van der Waals surface area contributed by atoms with Gasteiger partial charge >= 0.3 is 6.18 Å². The number of anilines is 1. The highest BCUT2D eigenvalue weighted by atomic mass is 35.5. The first kappa shape index (κ1) is 28.8. The molecule has 0 fully saturated rings. The van der Waals surface area contributed by atoms with Gasteiger partial charge in [-0.15, -0.1) is 5.10 Å². The number of fused-ring (bicyclic) bond motifs is 3. The predicted octanol–water partition coefficient (Wildman–Crippen LogP) is 5.14. The van der Waals surface area contributed by atoms with Crippen molar-refractivity contribution >= 4 is 40.1 Å². The third kappa shape index (κ3) is 4.80. The molecule has 6 rings (SSSR count). The van der Waals surface area contributed by atoms with E-state index in [0.29, 0.717) is 11.1 Å². The highest BCUT2D eigenvalue weighted by Crippen LogP contribution is 2.36. The highest BCUT2D eigenvalue weighted by molar-refractivity contribution is 6.32. The Morgan fingerprint density at radius 2 is 1.89 bits per heavy atom. The number of nitriles is 1. The number of pyridine rings is 1. The Kier molecular flexibility index (Phi) is 6.66. The summed E-state index contributed by atoms with van der Waals surface area (Å²) in [5.74, 6) is -1.07. The SMILES string of the molecule is Cc1cc(C#N)cc2c1NC(=O)c1c(c(Cn3nnc4cc(C(F)(F)F)ccc43)nn1-c1ncccc1Cl)C(C)(C)NC2=O. The number of nitrogens with zero attached hydrogens (tertiary/aromatic N) is 7. The lowest BCUT2D eigenvalue weighted by molar-refractivity contribution is -0.137. The van der Waals surface area contributed by atoms with Gasteiger partial charge in [-0.05, 0) is 68.8 Å². The van der Waals surface area contributed by atoms with E-state index in [1.807, 2.05) is 6.07 Å². The normalized spacial score (nSPS) is 14.5. The van der Waals surface area contributed by atoms with Crippen molar-refractivity contribution in [3.63, 3.8) is 0 Å². The molecule has 44 heavy (non-hydrogen) atoms. The number of aryl methyl sites for hydroxylation is 1. The monoisotopic (exact) mass is 619 g/mol. The smallest absolute Gasteiger partial charge is 0.343 e. The van der Waals surface area contributed by atoms with Crippen LogP contribution in [0.2, 0.25) is 5.02 Å². The summed E-state index contributed by atoms with van der Waals surface area (Å²) >= 11 is 6.50. The summed E-state index contributed by atoms with van der Waals surface area (Å²) in [6.45, 7) is 4.87. The van der Waals surface area contributed by atoms with E-state index in [1.165, 1.54) is 27.7 Å². The zero-order chi connectivity index (χ0) is 31.6. The minimum absolute atomic E-state index is 0.00582. The lowest BCUT2D eigenvalue weighted by atomic mass is 9.90. The molecule has 0 aliphatic carbocycles.